The maximum atomic E-state index is 13.7. The van der Waals surface area contributed by atoms with E-state index in [9.17, 15) is 18.8 Å². The van der Waals surface area contributed by atoms with E-state index in [2.05, 4.69) is 10.1 Å². The van der Waals surface area contributed by atoms with E-state index >= 15 is 0 Å². The Morgan fingerprint density at radius 3 is 2.20 bits per heavy atom. The highest BCUT2D eigenvalue weighted by Gasteiger charge is 2.29. The molecule has 3 heterocycles. The summed E-state index contributed by atoms with van der Waals surface area (Å²) >= 11 is 1.55. The predicted octanol–water partition coefficient (Wildman–Crippen LogP) is 2.63. The largest absolute Gasteiger partial charge is 0.479 e. The van der Waals surface area contributed by atoms with Gasteiger partial charge in [0.15, 0.2) is 12.2 Å². The fraction of sp³-hybridized carbons (Fsp3) is 0.138. The summed E-state index contributed by atoms with van der Waals surface area (Å²) in [6, 6.07) is 12.2. The van der Waals surface area contributed by atoms with Crippen molar-refractivity contribution >= 4 is 56.6 Å². The molecule has 2 amide bonds. The van der Waals surface area contributed by atoms with Gasteiger partial charge in [0.1, 0.15) is 11.6 Å². The van der Waals surface area contributed by atoms with E-state index in [1.54, 1.807) is 46.6 Å². The van der Waals surface area contributed by atoms with Gasteiger partial charge in [0, 0.05) is 39.2 Å². The molecule has 5 aromatic rings. The van der Waals surface area contributed by atoms with Gasteiger partial charge in [0.25, 0.3) is 0 Å². The molecule has 16 heteroatoms. The topological polar surface area (TPSA) is 238 Å². The highest BCUT2D eigenvalue weighted by molar-refractivity contribution is 7.18. The number of halogens is 1. The number of thiophene rings is 1. The number of amides is 2. The molecule has 5 rings (SSSR count). The van der Waals surface area contributed by atoms with Gasteiger partial charge in [0.2, 0.25) is 0 Å². The number of primary amides is 1. The number of nitrogens with two attached hydrogens (primary N) is 2. The van der Waals surface area contributed by atoms with Crippen molar-refractivity contribution in [2.45, 2.75) is 18.8 Å². The summed E-state index contributed by atoms with van der Waals surface area (Å²) < 4.78 is 16.4. The van der Waals surface area contributed by atoms with Crippen molar-refractivity contribution in [3.8, 4) is 22.3 Å². The molecule has 45 heavy (non-hydrogen) atoms. The number of nitrogens with zero attached hydrogens (tertiary/aromatic N) is 4. The molecule has 0 fully saturated rings. The average molecular weight is 639 g/mol. The number of urea groups is 1. The monoisotopic (exact) mass is 638 g/mol. The van der Waals surface area contributed by atoms with E-state index in [1.165, 1.54) is 23.1 Å². The summed E-state index contributed by atoms with van der Waals surface area (Å²) in [7, 11) is 0. The number of aliphatic carboxylic acids is 2. The molecular formula is C29H27FN6O8S. The Morgan fingerprint density at radius 1 is 0.956 bits per heavy atom. The normalized spacial score (nSPS) is 12.2. The third kappa shape index (κ3) is 7.22. The van der Waals surface area contributed by atoms with E-state index in [0.29, 0.717) is 23.7 Å². The van der Waals surface area contributed by atoms with Gasteiger partial charge in [-0.2, -0.15) is 5.10 Å². The van der Waals surface area contributed by atoms with Gasteiger partial charge >= 0.3 is 18.0 Å². The Bertz CT molecular complexity index is 1830. The number of nitrogen functional groups attached to an aromatic ring is 1. The van der Waals surface area contributed by atoms with Crippen LogP contribution in [0.15, 0.2) is 72.5 Å². The maximum absolute atomic E-state index is 13.7. The fourth-order valence-electron chi connectivity index (χ4n) is 4.29. The lowest BCUT2D eigenvalue weighted by Gasteiger charge is -2.21. The van der Waals surface area contributed by atoms with Crippen molar-refractivity contribution in [3.05, 3.63) is 78.3 Å². The number of anilines is 3. The van der Waals surface area contributed by atoms with Crippen LogP contribution in [0.25, 0.3) is 32.3 Å². The number of carboxylic acid groups (broad SMARTS) is 2. The summed E-state index contributed by atoms with van der Waals surface area (Å²) in [6.07, 6.45) is 0.795. The van der Waals surface area contributed by atoms with E-state index in [-0.39, 0.29) is 6.61 Å². The van der Waals surface area contributed by atoms with Crippen molar-refractivity contribution in [1.82, 2.24) is 14.8 Å². The van der Waals surface area contributed by atoms with Crippen LogP contribution in [-0.2, 0) is 16.1 Å². The lowest BCUT2D eigenvalue weighted by molar-refractivity contribution is -0.165. The molecule has 0 aliphatic carbocycles. The fourth-order valence-corrected chi connectivity index (χ4v) is 5.41. The smallest absolute Gasteiger partial charge is 0.335 e. The molecule has 14 nitrogen and oxygen atoms in total. The molecule has 234 valence electrons. The van der Waals surface area contributed by atoms with E-state index in [4.69, 9.17) is 37.0 Å². The minimum absolute atomic E-state index is 0.00204. The van der Waals surface area contributed by atoms with Crippen molar-refractivity contribution in [3.63, 3.8) is 0 Å². The first-order valence-electron chi connectivity index (χ1n) is 13.0. The van der Waals surface area contributed by atoms with Crippen LogP contribution in [0.1, 0.15) is 0 Å². The van der Waals surface area contributed by atoms with Crippen LogP contribution in [0.4, 0.5) is 26.4 Å². The number of aliphatic hydroxyl groups is 3. The number of hydrogen-bond donors (Lipinski definition) is 7. The predicted molar refractivity (Wildman–Crippen MR) is 163 cm³/mol. The van der Waals surface area contributed by atoms with Crippen molar-refractivity contribution in [1.29, 1.82) is 0 Å². The number of hydrogen-bond acceptors (Lipinski definition) is 10. The van der Waals surface area contributed by atoms with Crippen LogP contribution in [0.5, 0.6) is 0 Å². The molecule has 2 atom stereocenters. The van der Waals surface area contributed by atoms with E-state index < -0.39 is 36.0 Å². The van der Waals surface area contributed by atoms with Crippen molar-refractivity contribution in [2.24, 2.45) is 5.73 Å². The second kappa shape index (κ2) is 13.9. The van der Waals surface area contributed by atoms with Crippen LogP contribution in [-0.4, -0.2) is 77.1 Å². The van der Waals surface area contributed by atoms with Gasteiger partial charge in [0.05, 0.1) is 30.7 Å². The van der Waals surface area contributed by atoms with Crippen LogP contribution < -0.4 is 16.4 Å². The second-order valence-electron chi connectivity index (χ2n) is 9.39. The molecule has 2 aromatic carbocycles. The lowest BCUT2D eigenvalue weighted by Crippen LogP contribution is -2.39. The number of aliphatic hydroxyl groups excluding tert-OH is 3. The number of carboxylic acids is 2. The summed E-state index contributed by atoms with van der Waals surface area (Å²) in [6.45, 7) is 0.410. The molecule has 0 aliphatic heterocycles. The van der Waals surface area contributed by atoms with Gasteiger partial charge in [-0.15, -0.1) is 11.3 Å². The van der Waals surface area contributed by atoms with Crippen molar-refractivity contribution in [2.75, 3.05) is 17.2 Å². The zero-order chi connectivity index (χ0) is 32.8. The quantitative estimate of drug-likeness (QED) is 0.124. The Morgan fingerprint density at radius 2 is 1.62 bits per heavy atom. The third-order valence-electron chi connectivity index (χ3n) is 6.43. The maximum Gasteiger partial charge on any atom is 0.335 e. The lowest BCUT2D eigenvalue weighted by atomic mass is 10.0. The summed E-state index contributed by atoms with van der Waals surface area (Å²) in [4.78, 5) is 37.3. The third-order valence-corrected chi connectivity index (χ3v) is 7.44. The number of carbonyl (C=O) groups is 3. The van der Waals surface area contributed by atoms with Gasteiger partial charge in [-0.05, 0) is 41.3 Å². The minimum Gasteiger partial charge on any atom is -0.479 e. The number of rotatable bonds is 9. The standard InChI is InChI=1S/C25H21FN6O2S.C4H6O6/c26-17-2-1-3-19(10-17)32(25(28)34)18-6-4-15(5-7-18)21-14-35-23-20(12-29-24(27)22(21)23)16-11-30-31(13-16)8-9-33;5-1(3(7)8)2(6)4(9)10/h1-7,10-14,33H,8-9H2,(H2,27,29)(H2,28,34);1-2,5-6H,(H,7,8)(H,9,10)/t;1-,2-/m.1/s1. The van der Waals surface area contributed by atoms with Crippen LogP contribution in [0.2, 0.25) is 0 Å². The summed E-state index contributed by atoms with van der Waals surface area (Å²) in [5.74, 6) is -3.59. The Balaban J connectivity index is 0.000000399. The first kappa shape index (κ1) is 32.5. The zero-order valence-corrected chi connectivity index (χ0v) is 24.0. The number of pyridine rings is 1. The Hall–Kier alpha value is -5.42. The van der Waals surface area contributed by atoms with Crippen molar-refractivity contribution < 1.29 is 44.3 Å². The Labute approximate surface area is 257 Å². The first-order chi connectivity index (χ1) is 21.4. The van der Waals surface area contributed by atoms with Gasteiger partial charge < -0.3 is 37.0 Å². The van der Waals surface area contributed by atoms with Crippen LogP contribution in [0, 0.1) is 5.82 Å². The molecule has 0 aliphatic rings. The SMILES string of the molecule is NC(=O)N(c1ccc(-c2csc3c(-c4cnn(CCO)c4)cnc(N)c23)cc1)c1cccc(F)c1.O=C(O)[C@H](O)[C@@H](O)C(=O)O. The number of fused-ring (bicyclic) bond motifs is 1. The summed E-state index contributed by atoms with van der Waals surface area (Å²) in [5, 5.41) is 48.8. The molecule has 3 aromatic heterocycles. The zero-order valence-electron chi connectivity index (χ0n) is 23.2. The number of carbonyl (C=O) groups excluding carboxylic acids is 1. The minimum atomic E-state index is -2.27. The van der Waals surface area contributed by atoms with Crippen LogP contribution in [0.3, 0.4) is 0 Å². The van der Waals surface area contributed by atoms with E-state index in [1.807, 2.05) is 23.7 Å². The molecular weight excluding hydrogens is 611 g/mol. The molecule has 0 unspecified atom stereocenters. The van der Waals surface area contributed by atoms with E-state index in [0.717, 1.165) is 32.3 Å². The highest BCUT2D eigenvalue weighted by Crippen LogP contribution is 2.42. The van der Waals surface area contributed by atoms with Gasteiger partial charge in [-0.25, -0.2) is 23.8 Å². The molecule has 0 radical (unpaired) electrons. The first-order valence-corrected chi connectivity index (χ1v) is 13.9. The molecule has 0 spiro atoms. The molecule has 0 saturated carbocycles. The summed E-state index contributed by atoms with van der Waals surface area (Å²) in [5.41, 5.74) is 16.3. The van der Waals surface area contributed by atoms with Gasteiger partial charge in [-0.1, -0.05) is 18.2 Å². The van der Waals surface area contributed by atoms with Crippen LogP contribution >= 0.6 is 11.3 Å². The van der Waals surface area contributed by atoms with Gasteiger partial charge in [-0.3, -0.25) is 9.58 Å². The number of benzene rings is 2. The molecule has 9 N–H and O–H groups in total. The molecule has 0 saturated heterocycles. The highest BCUT2D eigenvalue weighted by atomic mass is 32.1. The Kier molecular flexibility index (Phi) is 10.0. The average Bonchev–Trinajstić information content (AvgIpc) is 3.66. The number of aromatic nitrogens is 3. The molecule has 0 bridgehead atoms. The second-order valence-corrected chi connectivity index (χ2v) is 10.3.